The van der Waals surface area contributed by atoms with Crippen LogP contribution in [0.4, 0.5) is 5.69 Å². The zero-order chi connectivity index (χ0) is 35.5. The molecule has 0 aliphatic carbocycles. The van der Waals surface area contributed by atoms with Gasteiger partial charge in [-0.25, -0.2) is 4.79 Å². The highest BCUT2D eigenvalue weighted by atomic mass is 16.5. The Morgan fingerprint density at radius 1 is 0.840 bits per heavy atom. The van der Waals surface area contributed by atoms with Crippen LogP contribution in [0.25, 0.3) is 32.7 Å². The Bertz CT molecular complexity index is 2060. The largest absolute Gasteiger partial charge is 0.489 e. The van der Waals surface area contributed by atoms with Crippen LogP contribution < -0.4 is 36.6 Å². The molecule has 0 radical (unpaired) electrons. The number of amides is 2. The molecule has 2 amide bonds. The molecule has 5 rings (SSSR count). The van der Waals surface area contributed by atoms with Crippen LogP contribution in [0.3, 0.4) is 0 Å². The molecule has 0 aromatic heterocycles. The molecule has 0 fully saturated rings. The molecule has 1 atom stereocenters. The van der Waals surface area contributed by atoms with E-state index in [0.29, 0.717) is 36.8 Å². The highest BCUT2D eigenvalue weighted by Gasteiger charge is 2.23. The van der Waals surface area contributed by atoms with E-state index < -0.39 is 23.8 Å². The van der Waals surface area contributed by atoms with Gasteiger partial charge in [-0.15, -0.1) is 0 Å². The highest BCUT2D eigenvalue weighted by Crippen LogP contribution is 2.45. The number of hydrogen-bond donors (Lipinski definition) is 5. The summed E-state index contributed by atoms with van der Waals surface area (Å²) in [6.07, 6.45) is 2.41. The molecule has 5 aromatic rings. The number of rotatable bonds is 15. The van der Waals surface area contributed by atoms with Gasteiger partial charge in [0.05, 0.1) is 19.2 Å². The van der Waals surface area contributed by atoms with Crippen LogP contribution in [-0.2, 0) is 14.3 Å². The Balaban J connectivity index is 1.42. The smallest absolute Gasteiger partial charge is 0.338 e. The van der Waals surface area contributed by atoms with Crippen molar-refractivity contribution in [1.29, 1.82) is 0 Å². The molecule has 11 heteroatoms. The fourth-order valence-electron chi connectivity index (χ4n) is 5.67. The minimum atomic E-state index is -0.943. The van der Waals surface area contributed by atoms with E-state index in [-0.39, 0.29) is 24.6 Å². The minimum Gasteiger partial charge on any atom is -0.489 e. The first-order valence-electron chi connectivity index (χ1n) is 16.1. The zero-order valence-electron chi connectivity index (χ0n) is 27.7. The topological polar surface area (TPSA) is 169 Å². The highest BCUT2D eigenvalue weighted by molar-refractivity contribution is 6.10. The monoisotopic (exact) mass is 674 g/mol. The SMILES string of the molecule is C=CCOc1ccc2ccccc2c1-c1c(OCC(=O)N[C@H](CCC[NH+]=C(N)N)C(=O)Nc2cccc(C(=O)OC)c2)ccc2ccccc12. The van der Waals surface area contributed by atoms with Gasteiger partial charge in [0.25, 0.3) is 5.91 Å². The van der Waals surface area contributed by atoms with Crippen molar-refractivity contribution in [3.05, 3.63) is 115 Å². The van der Waals surface area contributed by atoms with Crippen LogP contribution in [0, 0.1) is 0 Å². The number of ether oxygens (including phenoxy) is 3. The lowest BCUT2D eigenvalue weighted by Crippen LogP contribution is -2.78. The van der Waals surface area contributed by atoms with Gasteiger partial charge in [0.1, 0.15) is 24.1 Å². The van der Waals surface area contributed by atoms with Crippen LogP contribution in [0.2, 0.25) is 0 Å². The average Bonchev–Trinajstić information content (AvgIpc) is 3.13. The van der Waals surface area contributed by atoms with E-state index in [1.54, 1.807) is 24.3 Å². The van der Waals surface area contributed by atoms with Gasteiger partial charge in [-0.2, -0.15) is 0 Å². The second kappa shape index (κ2) is 16.6. The molecule has 0 heterocycles. The summed E-state index contributed by atoms with van der Waals surface area (Å²) in [6.45, 7) is 4.12. The number of hydrogen-bond acceptors (Lipinski definition) is 6. The van der Waals surface area contributed by atoms with Crippen molar-refractivity contribution in [2.45, 2.75) is 18.9 Å². The van der Waals surface area contributed by atoms with Crippen molar-refractivity contribution in [2.24, 2.45) is 11.5 Å². The van der Waals surface area contributed by atoms with E-state index in [1.165, 1.54) is 13.2 Å². The van der Waals surface area contributed by atoms with Gasteiger partial charge < -0.3 is 24.8 Å². The van der Waals surface area contributed by atoms with Crippen molar-refractivity contribution in [1.82, 2.24) is 5.32 Å². The Labute approximate surface area is 289 Å². The molecule has 0 unspecified atom stereocenters. The summed E-state index contributed by atoms with van der Waals surface area (Å²) < 4.78 is 17.2. The maximum Gasteiger partial charge on any atom is 0.338 e. The molecule has 0 aliphatic heterocycles. The van der Waals surface area contributed by atoms with E-state index in [4.69, 9.17) is 25.7 Å². The first kappa shape index (κ1) is 35.0. The summed E-state index contributed by atoms with van der Waals surface area (Å²) in [4.78, 5) is 41.8. The van der Waals surface area contributed by atoms with Gasteiger partial charge in [-0.3, -0.25) is 26.0 Å². The standard InChI is InChI=1S/C39H39N5O6/c1-3-22-49-32-19-17-25-10-4-6-14-29(25)35(32)36-30-15-7-5-11-26(30)18-20-33(36)50-24-34(45)44-31(16-9-21-42-39(40)41)37(46)43-28-13-8-12-27(23-28)38(47)48-2/h3-8,10-15,17-20,23,31H,1,9,16,21-22,24H2,2H3,(H,43,46)(H,44,45)(H4,40,41,42)/p+1/t31-/m1/s1. The molecular formula is C39H40N5O6+. The number of methoxy groups -OCH3 is 1. The summed E-state index contributed by atoms with van der Waals surface area (Å²) in [5, 5.41) is 9.46. The number of nitrogens with two attached hydrogens (primary N) is 2. The third-order valence-corrected chi connectivity index (χ3v) is 7.95. The normalized spacial score (nSPS) is 11.3. The summed E-state index contributed by atoms with van der Waals surface area (Å²) in [5.41, 5.74) is 13.3. The number of guanidine groups is 1. The number of carbonyl (C=O) groups excluding carboxylic acids is 3. The van der Waals surface area contributed by atoms with Crippen LogP contribution in [0.15, 0.2) is 110 Å². The number of nitrogens with one attached hydrogen (secondary N) is 3. The fraction of sp³-hybridized carbons (Fsp3) is 0.179. The average molecular weight is 675 g/mol. The molecule has 50 heavy (non-hydrogen) atoms. The molecule has 0 aliphatic rings. The maximum atomic E-state index is 13.5. The van der Waals surface area contributed by atoms with Gasteiger partial charge in [0, 0.05) is 16.8 Å². The van der Waals surface area contributed by atoms with Gasteiger partial charge in [0.2, 0.25) is 5.91 Å². The lowest BCUT2D eigenvalue weighted by atomic mass is 9.92. The van der Waals surface area contributed by atoms with Crippen LogP contribution in [0.1, 0.15) is 23.2 Å². The van der Waals surface area contributed by atoms with Gasteiger partial charge >= 0.3 is 11.9 Å². The second-order valence-corrected chi connectivity index (χ2v) is 11.4. The third-order valence-electron chi connectivity index (χ3n) is 7.95. The number of esters is 1. The summed E-state index contributed by atoms with van der Waals surface area (Å²) in [6, 6.07) is 29.0. The van der Waals surface area contributed by atoms with Crippen molar-refractivity contribution in [3.63, 3.8) is 0 Å². The Kier molecular flexibility index (Phi) is 11.6. The van der Waals surface area contributed by atoms with Crippen molar-refractivity contribution < 1.29 is 33.6 Å². The summed E-state index contributed by atoms with van der Waals surface area (Å²) in [7, 11) is 1.28. The number of anilines is 1. The first-order chi connectivity index (χ1) is 24.3. The molecule has 256 valence electrons. The van der Waals surface area contributed by atoms with Crippen molar-refractivity contribution in [3.8, 4) is 22.6 Å². The van der Waals surface area contributed by atoms with E-state index >= 15 is 0 Å². The van der Waals surface area contributed by atoms with Crippen molar-refractivity contribution in [2.75, 3.05) is 32.2 Å². The lowest BCUT2D eigenvalue weighted by Gasteiger charge is -2.21. The van der Waals surface area contributed by atoms with Crippen LogP contribution >= 0.6 is 0 Å². The lowest BCUT2D eigenvalue weighted by molar-refractivity contribution is -0.459. The summed E-state index contributed by atoms with van der Waals surface area (Å²) in [5.74, 6) is -0.356. The Hall–Kier alpha value is -6.36. The molecule has 0 saturated carbocycles. The molecule has 0 saturated heterocycles. The number of fused-ring (bicyclic) bond motifs is 2. The fourth-order valence-corrected chi connectivity index (χ4v) is 5.67. The minimum absolute atomic E-state index is 0.0542. The molecule has 5 aromatic carbocycles. The Morgan fingerprint density at radius 3 is 2.10 bits per heavy atom. The summed E-state index contributed by atoms with van der Waals surface area (Å²) >= 11 is 0. The van der Waals surface area contributed by atoms with E-state index in [9.17, 15) is 14.4 Å². The maximum absolute atomic E-state index is 13.5. The number of benzene rings is 5. The van der Waals surface area contributed by atoms with Gasteiger partial charge in [0.15, 0.2) is 6.61 Å². The Morgan fingerprint density at radius 2 is 1.48 bits per heavy atom. The molecular weight excluding hydrogens is 634 g/mol. The van der Waals surface area contributed by atoms with Crippen molar-refractivity contribution >= 4 is 51.0 Å². The van der Waals surface area contributed by atoms with E-state index in [2.05, 4.69) is 22.2 Å². The third kappa shape index (κ3) is 8.56. The predicted octanol–water partition coefficient (Wildman–Crippen LogP) is 3.65. The first-order valence-corrected chi connectivity index (χ1v) is 16.1. The van der Waals surface area contributed by atoms with Gasteiger partial charge in [-0.05, 0) is 64.7 Å². The molecule has 7 N–H and O–H groups in total. The molecule has 11 nitrogen and oxygen atoms in total. The zero-order valence-corrected chi connectivity index (χ0v) is 27.7. The quantitative estimate of drug-likeness (QED) is 0.0369. The number of carbonyl (C=O) groups is 3. The van der Waals surface area contributed by atoms with Crippen LogP contribution in [0.5, 0.6) is 11.5 Å². The molecule has 0 spiro atoms. The predicted molar refractivity (Wildman–Crippen MR) is 195 cm³/mol. The van der Waals surface area contributed by atoms with E-state index in [0.717, 1.165) is 32.7 Å². The van der Waals surface area contributed by atoms with Gasteiger partial charge in [-0.1, -0.05) is 79.4 Å². The molecule has 0 bridgehead atoms. The van der Waals surface area contributed by atoms with E-state index in [1.807, 2.05) is 72.8 Å². The second-order valence-electron chi connectivity index (χ2n) is 11.4. The van der Waals surface area contributed by atoms with Crippen LogP contribution in [-0.4, -0.2) is 56.7 Å².